The van der Waals surface area contributed by atoms with Crippen LogP contribution in [0.3, 0.4) is 0 Å². The van der Waals surface area contributed by atoms with E-state index in [0.29, 0.717) is 5.15 Å². The van der Waals surface area contributed by atoms with E-state index in [9.17, 15) is 0 Å². The van der Waals surface area contributed by atoms with Crippen molar-refractivity contribution in [3.05, 3.63) is 28.4 Å². The molecule has 0 bridgehead atoms. The van der Waals surface area contributed by atoms with Crippen LogP contribution >= 0.6 is 11.6 Å². The Hall–Kier alpha value is -1.02. The standard InChI is InChI=1S/C12H13ClN2/c13-11-5-4-10-9(8-2-1-3-8)6-7-14-12(10)15-11/h4-5H,1-3,6-7H2,(H,14,15). The van der Waals surface area contributed by atoms with Crippen LogP contribution in [-0.4, -0.2) is 11.5 Å². The molecular formula is C12H13ClN2. The number of allylic oxidation sites excluding steroid dienone is 1. The van der Waals surface area contributed by atoms with E-state index in [1.165, 1.54) is 30.4 Å². The molecule has 0 spiro atoms. The van der Waals surface area contributed by atoms with Gasteiger partial charge in [-0.25, -0.2) is 4.98 Å². The molecule has 0 aromatic carbocycles. The number of halogens is 1. The van der Waals surface area contributed by atoms with Gasteiger partial charge in [-0.05, 0) is 43.4 Å². The second kappa shape index (κ2) is 3.53. The van der Waals surface area contributed by atoms with Crippen molar-refractivity contribution in [2.24, 2.45) is 0 Å². The molecule has 1 aromatic heterocycles. The maximum atomic E-state index is 5.88. The van der Waals surface area contributed by atoms with Crippen LogP contribution in [0.4, 0.5) is 5.82 Å². The molecule has 1 saturated carbocycles. The molecule has 15 heavy (non-hydrogen) atoms. The van der Waals surface area contributed by atoms with Crippen molar-refractivity contribution in [2.45, 2.75) is 25.7 Å². The Morgan fingerprint density at radius 1 is 1.20 bits per heavy atom. The topological polar surface area (TPSA) is 24.9 Å². The number of pyridine rings is 1. The van der Waals surface area contributed by atoms with Crippen molar-refractivity contribution in [3.63, 3.8) is 0 Å². The fourth-order valence-corrected chi connectivity index (χ4v) is 2.42. The minimum absolute atomic E-state index is 0.570. The predicted molar refractivity (Wildman–Crippen MR) is 63.1 cm³/mol. The summed E-state index contributed by atoms with van der Waals surface area (Å²) in [7, 11) is 0. The lowest BCUT2D eigenvalue weighted by molar-refractivity contribution is 0.661. The Morgan fingerprint density at radius 2 is 2.07 bits per heavy atom. The highest BCUT2D eigenvalue weighted by molar-refractivity contribution is 6.29. The van der Waals surface area contributed by atoms with E-state index in [4.69, 9.17) is 11.6 Å². The van der Waals surface area contributed by atoms with Gasteiger partial charge in [0.05, 0.1) is 0 Å². The van der Waals surface area contributed by atoms with Crippen LogP contribution < -0.4 is 5.32 Å². The SMILES string of the molecule is Clc1ccc2c(n1)NCCC2=C1CCC1. The van der Waals surface area contributed by atoms with E-state index in [1.54, 1.807) is 5.57 Å². The summed E-state index contributed by atoms with van der Waals surface area (Å²) in [5.74, 6) is 0.961. The summed E-state index contributed by atoms with van der Waals surface area (Å²) in [6.07, 6.45) is 5.03. The largest absolute Gasteiger partial charge is 0.369 e. The van der Waals surface area contributed by atoms with Crippen LogP contribution in [0.5, 0.6) is 0 Å². The molecule has 3 heteroatoms. The first kappa shape index (κ1) is 9.22. The molecule has 1 N–H and O–H groups in total. The Labute approximate surface area is 94.4 Å². The minimum Gasteiger partial charge on any atom is -0.369 e. The fourth-order valence-electron chi connectivity index (χ4n) is 2.28. The van der Waals surface area contributed by atoms with Gasteiger partial charge in [0.1, 0.15) is 11.0 Å². The maximum absolute atomic E-state index is 5.88. The lowest BCUT2D eigenvalue weighted by Gasteiger charge is -2.27. The van der Waals surface area contributed by atoms with Crippen molar-refractivity contribution in [1.29, 1.82) is 0 Å². The van der Waals surface area contributed by atoms with Gasteiger partial charge in [-0.2, -0.15) is 0 Å². The Bertz CT molecular complexity index is 431. The number of nitrogens with one attached hydrogen (secondary N) is 1. The number of hydrogen-bond donors (Lipinski definition) is 1. The van der Waals surface area contributed by atoms with E-state index < -0.39 is 0 Å². The van der Waals surface area contributed by atoms with Crippen molar-refractivity contribution in [1.82, 2.24) is 4.98 Å². The average molecular weight is 221 g/mol. The Morgan fingerprint density at radius 3 is 2.80 bits per heavy atom. The molecule has 78 valence electrons. The summed E-state index contributed by atoms with van der Waals surface area (Å²) in [5.41, 5.74) is 4.40. The van der Waals surface area contributed by atoms with Crippen molar-refractivity contribution < 1.29 is 0 Å². The third kappa shape index (κ3) is 1.53. The number of rotatable bonds is 0. The van der Waals surface area contributed by atoms with E-state index in [2.05, 4.69) is 16.4 Å². The summed E-state index contributed by atoms with van der Waals surface area (Å²) in [6.45, 7) is 0.985. The Kier molecular flexibility index (Phi) is 2.17. The Balaban J connectivity index is 2.10. The fraction of sp³-hybridized carbons (Fsp3) is 0.417. The molecule has 2 heterocycles. The summed E-state index contributed by atoms with van der Waals surface area (Å²) < 4.78 is 0. The van der Waals surface area contributed by atoms with E-state index in [1.807, 2.05) is 6.07 Å². The van der Waals surface area contributed by atoms with Crippen LogP contribution in [0, 0.1) is 0 Å². The number of nitrogens with zero attached hydrogens (tertiary/aromatic N) is 1. The zero-order valence-electron chi connectivity index (χ0n) is 8.52. The molecule has 3 rings (SSSR count). The number of hydrogen-bond acceptors (Lipinski definition) is 2. The smallest absolute Gasteiger partial charge is 0.135 e. The van der Waals surface area contributed by atoms with Gasteiger partial charge in [0.2, 0.25) is 0 Å². The predicted octanol–water partition coefficient (Wildman–Crippen LogP) is 3.49. The van der Waals surface area contributed by atoms with Gasteiger partial charge < -0.3 is 5.32 Å². The van der Waals surface area contributed by atoms with Gasteiger partial charge in [-0.1, -0.05) is 17.2 Å². The maximum Gasteiger partial charge on any atom is 0.135 e. The summed E-state index contributed by atoms with van der Waals surface area (Å²) in [4.78, 5) is 4.32. The van der Waals surface area contributed by atoms with E-state index >= 15 is 0 Å². The normalized spacial score (nSPS) is 19.3. The molecule has 0 radical (unpaired) electrons. The molecule has 1 fully saturated rings. The van der Waals surface area contributed by atoms with Gasteiger partial charge >= 0.3 is 0 Å². The first-order chi connectivity index (χ1) is 7.34. The highest BCUT2D eigenvalue weighted by atomic mass is 35.5. The highest BCUT2D eigenvalue weighted by Crippen LogP contribution is 2.39. The molecule has 2 nitrogen and oxygen atoms in total. The third-order valence-electron chi connectivity index (χ3n) is 3.24. The molecule has 1 aliphatic heterocycles. The summed E-state index contributed by atoms with van der Waals surface area (Å²) in [6, 6.07) is 3.98. The number of anilines is 1. The zero-order chi connectivity index (χ0) is 10.3. The summed E-state index contributed by atoms with van der Waals surface area (Å²) >= 11 is 5.88. The molecule has 1 aromatic rings. The molecule has 0 saturated heterocycles. The van der Waals surface area contributed by atoms with Gasteiger partial charge in [0.15, 0.2) is 0 Å². The lowest BCUT2D eigenvalue weighted by Crippen LogP contribution is -2.15. The first-order valence-corrected chi connectivity index (χ1v) is 5.84. The monoisotopic (exact) mass is 220 g/mol. The highest BCUT2D eigenvalue weighted by Gasteiger charge is 2.21. The van der Waals surface area contributed by atoms with Crippen molar-refractivity contribution >= 4 is 23.0 Å². The quantitative estimate of drug-likeness (QED) is 0.677. The van der Waals surface area contributed by atoms with E-state index in [-0.39, 0.29) is 0 Å². The van der Waals surface area contributed by atoms with Crippen LogP contribution in [-0.2, 0) is 0 Å². The number of aromatic nitrogens is 1. The van der Waals surface area contributed by atoms with E-state index in [0.717, 1.165) is 18.8 Å². The molecule has 1 aliphatic carbocycles. The zero-order valence-corrected chi connectivity index (χ0v) is 9.27. The second-order valence-corrected chi connectivity index (χ2v) is 4.53. The van der Waals surface area contributed by atoms with Crippen molar-refractivity contribution in [3.8, 4) is 0 Å². The second-order valence-electron chi connectivity index (χ2n) is 4.14. The van der Waals surface area contributed by atoms with Gasteiger partial charge in [-0.3, -0.25) is 0 Å². The van der Waals surface area contributed by atoms with Crippen LogP contribution in [0.25, 0.3) is 5.57 Å². The van der Waals surface area contributed by atoms with Crippen LogP contribution in [0.2, 0.25) is 5.15 Å². The minimum atomic E-state index is 0.570. The van der Waals surface area contributed by atoms with Crippen molar-refractivity contribution in [2.75, 3.05) is 11.9 Å². The van der Waals surface area contributed by atoms with Gasteiger partial charge in [0, 0.05) is 12.1 Å². The van der Waals surface area contributed by atoms with Gasteiger partial charge in [0.25, 0.3) is 0 Å². The number of fused-ring (bicyclic) bond motifs is 1. The summed E-state index contributed by atoms with van der Waals surface area (Å²) in [5, 5.41) is 3.88. The molecule has 0 atom stereocenters. The van der Waals surface area contributed by atoms with Crippen LogP contribution in [0.1, 0.15) is 31.2 Å². The average Bonchev–Trinajstić information content (AvgIpc) is 2.15. The molecular weight excluding hydrogens is 208 g/mol. The third-order valence-corrected chi connectivity index (χ3v) is 3.45. The molecule has 2 aliphatic rings. The molecule has 0 unspecified atom stereocenters. The first-order valence-electron chi connectivity index (χ1n) is 5.46. The molecule has 0 amide bonds. The lowest BCUT2D eigenvalue weighted by atomic mass is 9.83. The van der Waals surface area contributed by atoms with Crippen LogP contribution in [0.15, 0.2) is 17.7 Å². The van der Waals surface area contributed by atoms with Gasteiger partial charge in [-0.15, -0.1) is 0 Å².